The van der Waals surface area contributed by atoms with Gasteiger partial charge >= 0.3 is 12.4 Å². The Balaban J connectivity index is 2.12. The number of para-hydroxylation sites is 1. The molecular weight excluding hydrogens is 392 g/mol. The fraction of sp³-hybridized carbons (Fsp3) is 0.176. The Labute approximate surface area is 156 Å². The highest BCUT2D eigenvalue weighted by molar-refractivity contribution is 7.80. The predicted molar refractivity (Wildman–Crippen MR) is 94.5 cm³/mol. The van der Waals surface area contributed by atoms with Gasteiger partial charge in [-0.2, -0.15) is 31.4 Å². The summed E-state index contributed by atoms with van der Waals surface area (Å²) in [4.78, 5) is 0. The molecule has 0 aromatic heterocycles. The van der Waals surface area contributed by atoms with Crippen LogP contribution in [0.5, 0.6) is 0 Å². The molecule has 0 saturated heterocycles. The molecule has 10 heteroatoms. The van der Waals surface area contributed by atoms with Gasteiger partial charge in [-0.05, 0) is 49.0 Å². The average Bonchev–Trinajstić information content (AvgIpc) is 2.58. The first-order valence-electron chi connectivity index (χ1n) is 7.43. The number of anilines is 1. The number of halogens is 6. The van der Waals surface area contributed by atoms with E-state index in [1.54, 1.807) is 0 Å². The van der Waals surface area contributed by atoms with E-state index in [1.165, 1.54) is 37.3 Å². The number of nitrogens with zero attached hydrogens (tertiary/aromatic N) is 1. The van der Waals surface area contributed by atoms with E-state index in [1.807, 2.05) is 0 Å². The van der Waals surface area contributed by atoms with Gasteiger partial charge < -0.3 is 5.32 Å². The van der Waals surface area contributed by atoms with Crippen LogP contribution in [0.1, 0.15) is 23.6 Å². The highest BCUT2D eigenvalue weighted by Gasteiger charge is 2.33. The van der Waals surface area contributed by atoms with Crippen LogP contribution >= 0.6 is 12.2 Å². The van der Waals surface area contributed by atoms with Crippen molar-refractivity contribution in [1.82, 2.24) is 5.43 Å². The summed E-state index contributed by atoms with van der Waals surface area (Å²) in [5.41, 5.74) is 0.675. The Morgan fingerprint density at radius 2 is 1.59 bits per heavy atom. The fourth-order valence-corrected chi connectivity index (χ4v) is 2.26. The van der Waals surface area contributed by atoms with Crippen LogP contribution in [0.2, 0.25) is 0 Å². The van der Waals surface area contributed by atoms with Crippen molar-refractivity contribution >= 4 is 28.7 Å². The van der Waals surface area contributed by atoms with E-state index in [9.17, 15) is 26.3 Å². The first-order chi connectivity index (χ1) is 12.5. The van der Waals surface area contributed by atoms with E-state index in [-0.39, 0.29) is 22.1 Å². The molecule has 0 fully saturated rings. The normalized spacial score (nSPS) is 12.6. The monoisotopic (exact) mass is 405 g/mol. The summed E-state index contributed by atoms with van der Waals surface area (Å²) >= 11 is 4.90. The third-order valence-corrected chi connectivity index (χ3v) is 3.61. The summed E-state index contributed by atoms with van der Waals surface area (Å²) in [5, 5.41) is 5.95. The maximum Gasteiger partial charge on any atom is 0.418 e. The Morgan fingerprint density at radius 1 is 0.926 bits per heavy atom. The van der Waals surface area contributed by atoms with Gasteiger partial charge in [0, 0.05) is 0 Å². The largest absolute Gasteiger partial charge is 0.418 e. The van der Waals surface area contributed by atoms with E-state index in [0.717, 1.165) is 18.2 Å². The molecule has 144 valence electrons. The number of hydrogen-bond acceptors (Lipinski definition) is 2. The maximum absolute atomic E-state index is 12.9. The van der Waals surface area contributed by atoms with Crippen molar-refractivity contribution in [1.29, 1.82) is 0 Å². The van der Waals surface area contributed by atoms with Crippen LogP contribution in [-0.2, 0) is 12.4 Å². The zero-order chi connectivity index (χ0) is 20.2. The van der Waals surface area contributed by atoms with Crippen molar-refractivity contribution < 1.29 is 26.3 Å². The van der Waals surface area contributed by atoms with Crippen molar-refractivity contribution in [3.63, 3.8) is 0 Å². The lowest BCUT2D eigenvalue weighted by Crippen LogP contribution is -2.26. The summed E-state index contributed by atoms with van der Waals surface area (Å²) in [7, 11) is 0. The minimum atomic E-state index is -4.57. The van der Waals surface area contributed by atoms with Crippen LogP contribution in [0.4, 0.5) is 32.0 Å². The molecule has 0 aliphatic carbocycles. The molecule has 0 radical (unpaired) electrons. The molecule has 0 heterocycles. The molecule has 0 aliphatic heterocycles. The summed E-state index contributed by atoms with van der Waals surface area (Å²) in [5.74, 6) is 0. The van der Waals surface area contributed by atoms with Gasteiger partial charge in [0.15, 0.2) is 5.11 Å². The van der Waals surface area contributed by atoms with E-state index in [0.29, 0.717) is 0 Å². The van der Waals surface area contributed by atoms with Crippen molar-refractivity contribution in [2.75, 3.05) is 5.32 Å². The summed E-state index contributed by atoms with van der Waals surface area (Å²) < 4.78 is 77.1. The first kappa shape index (κ1) is 20.7. The van der Waals surface area contributed by atoms with Crippen LogP contribution in [0.3, 0.4) is 0 Å². The zero-order valence-corrected chi connectivity index (χ0v) is 14.6. The van der Waals surface area contributed by atoms with Crippen molar-refractivity contribution in [3.8, 4) is 0 Å². The number of thiocarbonyl (C=S) groups is 1. The molecule has 27 heavy (non-hydrogen) atoms. The quantitative estimate of drug-likeness (QED) is 0.309. The average molecular weight is 405 g/mol. The minimum Gasteiger partial charge on any atom is -0.331 e. The Hall–Kier alpha value is -2.62. The van der Waals surface area contributed by atoms with Crippen LogP contribution in [0.25, 0.3) is 0 Å². The number of hydrogen-bond donors (Lipinski definition) is 2. The van der Waals surface area contributed by atoms with Gasteiger partial charge in [0.25, 0.3) is 0 Å². The first-order valence-corrected chi connectivity index (χ1v) is 7.84. The van der Waals surface area contributed by atoms with Gasteiger partial charge in [0.05, 0.1) is 22.5 Å². The lowest BCUT2D eigenvalue weighted by Gasteiger charge is -2.14. The zero-order valence-electron chi connectivity index (χ0n) is 13.7. The van der Waals surface area contributed by atoms with E-state index in [2.05, 4.69) is 15.8 Å². The standard InChI is InChI=1S/C17H13F6N3S/c1-10(11-5-4-6-12(9-11)16(18,19)20)25-26-15(27)24-14-8-3-2-7-13(14)17(21,22)23/h2-9H,1H3,(H2,24,26,27). The minimum absolute atomic E-state index is 0.175. The second kappa shape index (κ2) is 7.95. The lowest BCUT2D eigenvalue weighted by atomic mass is 10.1. The molecule has 2 rings (SSSR count). The molecule has 0 saturated carbocycles. The van der Waals surface area contributed by atoms with Gasteiger partial charge in [-0.15, -0.1) is 0 Å². The number of rotatable bonds is 3. The second-order valence-corrected chi connectivity index (χ2v) is 5.79. The fourth-order valence-electron chi connectivity index (χ4n) is 2.11. The predicted octanol–water partition coefficient (Wildman–Crippen LogP) is 5.43. The molecule has 3 nitrogen and oxygen atoms in total. The van der Waals surface area contributed by atoms with E-state index >= 15 is 0 Å². The molecule has 0 atom stereocenters. The van der Waals surface area contributed by atoms with Crippen LogP contribution in [0.15, 0.2) is 53.6 Å². The number of hydrazone groups is 1. The molecule has 0 bridgehead atoms. The number of benzene rings is 2. The SMILES string of the molecule is CC(=NNC(=S)Nc1ccccc1C(F)(F)F)c1cccc(C(F)(F)F)c1. The number of nitrogens with one attached hydrogen (secondary N) is 2. The molecule has 2 N–H and O–H groups in total. The van der Waals surface area contributed by atoms with Gasteiger partial charge in [0.2, 0.25) is 0 Å². The van der Waals surface area contributed by atoms with Crippen LogP contribution < -0.4 is 10.7 Å². The topological polar surface area (TPSA) is 36.4 Å². The molecule has 0 amide bonds. The lowest BCUT2D eigenvalue weighted by molar-refractivity contribution is -0.138. The summed E-state index contributed by atoms with van der Waals surface area (Å²) in [6, 6.07) is 9.21. The third-order valence-electron chi connectivity index (χ3n) is 3.41. The van der Waals surface area contributed by atoms with Crippen LogP contribution in [0, 0.1) is 0 Å². The summed E-state index contributed by atoms with van der Waals surface area (Å²) in [6.07, 6.45) is -9.07. The van der Waals surface area contributed by atoms with Crippen molar-refractivity contribution in [2.45, 2.75) is 19.3 Å². The highest BCUT2D eigenvalue weighted by atomic mass is 32.1. The van der Waals surface area contributed by atoms with Gasteiger partial charge in [-0.1, -0.05) is 24.3 Å². The molecular formula is C17H13F6N3S. The molecule has 2 aromatic carbocycles. The smallest absolute Gasteiger partial charge is 0.331 e. The van der Waals surface area contributed by atoms with Crippen molar-refractivity contribution in [2.24, 2.45) is 5.10 Å². The Morgan fingerprint density at radius 3 is 2.22 bits per heavy atom. The third kappa shape index (κ3) is 5.68. The maximum atomic E-state index is 12.9. The molecule has 0 unspecified atom stereocenters. The Kier molecular flexibility index (Phi) is 6.09. The second-order valence-electron chi connectivity index (χ2n) is 5.39. The van der Waals surface area contributed by atoms with E-state index < -0.39 is 23.5 Å². The molecule has 0 aliphatic rings. The van der Waals surface area contributed by atoms with Gasteiger partial charge in [0.1, 0.15) is 0 Å². The van der Waals surface area contributed by atoms with Gasteiger partial charge in [-0.25, -0.2) is 0 Å². The molecule has 2 aromatic rings. The van der Waals surface area contributed by atoms with Gasteiger partial charge in [-0.3, -0.25) is 5.43 Å². The number of alkyl halides is 6. The van der Waals surface area contributed by atoms with E-state index in [4.69, 9.17) is 12.2 Å². The Bertz CT molecular complexity index is 858. The highest BCUT2D eigenvalue weighted by Crippen LogP contribution is 2.34. The molecule has 0 spiro atoms. The summed E-state index contributed by atoms with van der Waals surface area (Å²) in [6.45, 7) is 1.44. The van der Waals surface area contributed by atoms with Crippen molar-refractivity contribution in [3.05, 3.63) is 65.2 Å². The van der Waals surface area contributed by atoms with Crippen LogP contribution in [-0.4, -0.2) is 10.8 Å².